The van der Waals surface area contributed by atoms with E-state index >= 15 is 0 Å². The Kier molecular flexibility index (Phi) is 6.95. The van der Waals surface area contributed by atoms with Crippen LogP contribution in [0.2, 0.25) is 10.0 Å². The number of morpholine rings is 1. The minimum Gasteiger partial charge on any atom is -0.379 e. The summed E-state index contributed by atoms with van der Waals surface area (Å²) >= 11 is 12.3. The monoisotopic (exact) mass is 445 g/mol. The summed E-state index contributed by atoms with van der Waals surface area (Å²) in [6, 6.07) is 13.5. The van der Waals surface area contributed by atoms with Crippen molar-refractivity contribution in [3.8, 4) is 0 Å². The van der Waals surface area contributed by atoms with Gasteiger partial charge in [-0.15, -0.1) is 0 Å². The molecule has 7 heteroatoms. The number of aromatic nitrogens is 1. The predicted octanol–water partition coefficient (Wildman–Crippen LogP) is 4.45. The van der Waals surface area contributed by atoms with Crippen LogP contribution in [0.15, 0.2) is 48.7 Å². The van der Waals surface area contributed by atoms with Crippen LogP contribution in [0, 0.1) is 0 Å². The van der Waals surface area contributed by atoms with E-state index in [1.165, 1.54) is 0 Å². The Morgan fingerprint density at radius 2 is 1.83 bits per heavy atom. The molecule has 5 nitrogen and oxygen atoms in total. The molecule has 1 saturated heterocycles. The Morgan fingerprint density at radius 3 is 2.60 bits per heavy atom. The van der Waals surface area contributed by atoms with Crippen molar-refractivity contribution >= 4 is 40.0 Å². The molecule has 4 rings (SSSR count). The van der Waals surface area contributed by atoms with Crippen LogP contribution in [0.5, 0.6) is 0 Å². The first kappa shape index (κ1) is 21.2. The van der Waals surface area contributed by atoms with E-state index in [1.807, 2.05) is 48.7 Å². The second kappa shape index (κ2) is 9.84. The number of amides is 1. The van der Waals surface area contributed by atoms with Crippen molar-refractivity contribution in [1.29, 1.82) is 0 Å². The zero-order chi connectivity index (χ0) is 20.9. The lowest BCUT2D eigenvalue weighted by Gasteiger charge is -2.26. The third kappa shape index (κ3) is 5.16. The van der Waals surface area contributed by atoms with Gasteiger partial charge >= 0.3 is 0 Å². The predicted molar refractivity (Wildman–Crippen MR) is 121 cm³/mol. The number of benzene rings is 2. The highest BCUT2D eigenvalue weighted by Crippen LogP contribution is 2.35. The van der Waals surface area contributed by atoms with Crippen LogP contribution in [-0.2, 0) is 9.53 Å². The van der Waals surface area contributed by atoms with E-state index in [4.69, 9.17) is 27.9 Å². The van der Waals surface area contributed by atoms with Crippen molar-refractivity contribution in [2.45, 2.75) is 12.3 Å². The average molecular weight is 446 g/mol. The summed E-state index contributed by atoms with van der Waals surface area (Å²) < 4.78 is 5.37. The molecule has 2 aromatic carbocycles. The van der Waals surface area contributed by atoms with Gasteiger partial charge in [-0.05, 0) is 41.5 Å². The molecule has 3 aromatic rings. The molecule has 1 aliphatic rings. The molecule has 2 heterocycles. The van der Waals surface area contributed by atoms with E-state index in [0.29, 0.717) is 23.0 Å². The largest absolute Gasteiger partial charge is 0.379 e. The fraction of sp³-hybridized carbons (Fsp3) is 0.348. The van der Waals surface area contributed by atoms with Crippen LogP contribution in [0.25, 0.3) is 10.9 Å². The highest BCUT2D eigenvalue weighted by molar-refractivity contribution is 6.31. The standard InChI is InChI=1S/C23H25Cl2N3O2/c24-17-3-1-16(2-4-17)19(21-15-27-22-6-5-18(25)13-20(21)22)14-23(29)26-7-8-28-9-11-30-12-10-28/h1-6,13,15,19,27H,7-12,14H2,(H,26,29). The zero-order valence-electron chi connectivity index (χ0n) is 16.7. The number of nitrogens with one attached hydrogen (secondary N) is 2. The normalized spacial score (nSPS) is 15.9. The van der Waals surface area contributed by atoms with E-state index < -0.39 is 0 Å². The Hall–Kier alpha value is -2.05. The van der Waals surface area contributed by atoms with Gasteiger partial charge < -0.3 is 15.0 Å². The minimum atomic E-state index is -0.0992. The Morgan fingerprint density at radius 1 is 1.10 bits per heavy atom. The van der Waals surface area contributed by atoms with Gasteiger partial charge in [-0.3, -0.25) is 9.69 Å². The molecule has 30 heavy (non-hydrogen) atoms. The Labute approximate surface area is 186 Å². The van der Waals surface area contributed by atoms with Gasteiger partial charge in [0.2, 0.25) is 5.91 Å². The highest BCUT2D eigenvalue weighted by atomic mass is 35.5. The third-order valence-corrected chi connectivity index (χ3v) is 6.05. The number of carbonyl (C=O) groups excluding carboxylic acids is 1. The van der Waals surface area contributed by atoms with Crippen molar-refractivity contribution < 1.29 is 9.53 Å². The molecule has 1 atom stereocenters. The third-order valence-electron chi connectivity index (χ3n) is 5.57. The summed E-state index contributed by atoms with van der Waals surface area (Å²) in [5.41, 5.74) is 3.10. The summed E-state index contributed by atoms with van der Waals surface area (Å²) in [5.74, 6) is -0.0718. The first-order chi connectivity index (χ1) is 14.6. The number of nitrogens with zero attached hydrogens (tertiary/aromatic N) is 1. The maximum atomic E-state index is 12.8. The summed E-state index contributed by atoms with van der Waals surface area (Å²) in [4.78, 5) is 18.4. The second-order valence-electron chi connectivity index (χ2n) is 7.55. The van der Waals surface area contributed by atoms with Crippen LogP contribution < -0.4 is 5.32 Å². The van der Waals surface area contributed by atoms with E-state index in [0.717, 1.165) is 54.9 Å². The fourth-order valence-electron chi connectivity index (χ4n) is 3.94. The van der Waals surface area contributed by atoms with Gasteiger partial charge in [0.25, 0.3) is 0 Å². The van der Waals surface area contributed by atoms with Crippen molar-refractivity contribution in [3.63, 3.8) is 0 Å². The van der Waals surface area contributed by atoms with E-state index in [2.05, 4.69) is 15.2 Å². The van der Waals surface area contributed by atoms with Crippen molar-refractivity contribution in [2.75, 3.05) is 39.4 Å². The number of H-pyrrole nitrogens is 1. The number of aromatic amines is 1. The summed E-state index contributed by atoms with van der Waals surface area (Å²) in [6.07, 6.45) is 2.32. The van der Waals surface area contributed by atoms with Crippen molar-refractivity contribution in [2.24, 2.45) is 0 Å². The number of halogens is 2. The van der Waals surface area contributed by atoms with Gasteiger partial charge in [0.1, 0.15) is 0 Å². The average Bonchev–Trinajstić information content (AvgIpc) is 3.16. The van der Waals surface area contributed by atoms with Gasteiger partial charge in [0, 0.05) is 65.7 Å². The molecule has 0 saturated carbocycles. The van der Waals surface area contributed by atoms with Gasteiger partial charge in [0.05, 0.1) is 13.2 Å². The summed E-state index contributed by atoms with van der Waals surface area (Å²) in [6.45, 7) is 4.82. The quantitative estimate of drug-likeness (QED) is 0.564. The topological polar surface area (TPSA) is 57.4 Å². The van der Waals surface area contributed by atoms with E-state index in [9.17, 15) is 4.79 Å². The molecule has 1 unspecified atom stereocenters. The lowest BCUT2D eigenvalue weighted by Crippen LogP contribution is -2.41. The first-order valence-electron chi connectivity index (χ1n) is 10.2. The van der Waals surface area contributed by atoms with E-state index in [-0.39, 0.29) is 11.8 Å². The molecule has 2 N–H and O–H groups in total. The number of fused-ring (bicyclic) bond motifs is 1. The molecular weight excluding hydrogens is 421 g/mol. The highest BCUT2D eigenvalue weighted by Gasteiger charge is 2.22. The lowest BCUT2D eigenvalue weighted by atomic mass is 9.88. The van der Waals surface area contributed by atoms with Gasteiger partial charge in [-0.25, -0.2) is 0 Å². The smallest absolute Gasteiger partial charge is 0.220 e. The zero-order valence-corrected chi connectivity index (χ0v) is 18.2. The molecular formula is C23H25Cl2N3O2. The van der Waals surface area contributed by atoms with Crippen LogP contribution >= 0.6 is 23.2 Å². The van der Waals surface area contributed by atoms with Crippen molar-refractivity contribution in [3.05, 3.63) is 69.8 Å². The Bertz CT molecular complexity index is 997. The minimum absolute atomic E-state index is 0.0274. The molecule has 0 bridgehead atoms. The molecule has 0 radical (unpaired) electrons. The molecule has 0 spiro atoms. The Balaban J connectivity index is 1.51. The maximum Gasteiger partial charge on any atom is 0.220 e. The van der Waals surface area contributed by atoms with Crippen molar-refractivity contribution in [1.82, 2.24) is 15.2 Å². The van der Waals surface area contributed by atoms with Crippen LogP contribution in [0.3, 0.4) is 0 Å². The maximum absolute atomic E-state index is 12.8. The number of ether oxygens (including phenoxy) is 1. The molecule has 1 aliphatic heterocycles. The first-order valence-corrected chi connectivity index (χ1v) is 10.9. The molecule has 0 aliphatic carbocycles. The van der Waals surface area contributed by atoms with Crippen LogP contribution in [-0.4, -0.2) is 55.2 Å². The van der Waals surface area contributed by atoms with Crippen LogP contribution in [0.4, 0.5) is 0 Å². The number of hydrogen-bond acceptors (Lipinski definition) is 3. The SMILES string of the molecule is O=C(CC(c1ccc(Cl)cc1)c1c[nH]c2ccc(Cl)cc12)NCCN1CCOCC1. The molecule has 1 aromatic heterocycles. The van der Waals surface area contributed by atoms with E-state index in [1.54, 1.807) is 0 Å². The van der Waals surface area contributed by atoms with Crippen LogP contribution in [0.1, 0.15) is 23.5 Å². The molecule has 158 valence electrons. The summed E-state index contributed by atoms with van der Waals surface area (Å²) in [7, 11) is 0. The lowest BCUT2D eigenvalue weighted by molar-refractivity contribution is -0.121. The molecule has 1 fully saturated rings. The second-order valence-corrected chi connectivity index (χ2v) is 8.42. The number of rotatable bonds is 7. The summed E-state index contributed by atoms with van der Waals surface area (Å²) in [5, 5.41) is 5.46. The fourth-order valence-corrected chi connectivity index (χ4v) is 4.24. The van der Waals surface area contributed by atoms with Gasteiger partial charge in [0.15, 0.2) is 0 Å². The van der Waals surface area contributed by atoms with Gasteiger partial charge in [-0.1, -0.05) is 35.3 Å². The molecule has 1 amide bonds. The van der Waals surface area contributed by atoms with Gasteiger partial charge in [-0.2, -0.15) is 0 Å². The number of hydrogen-bond donors (Lipinski definition) is 2. The number of carbonyl (C=O) groups is 1.